The first kappa shape index (κ1) is 9.24. The number of hydrogen-bond donors (Lipinski definition) is 0. The molecule has 0 aromatic rings. The molecule has 66 valence electrons. The number of hydrogen-bond acceptors (Lipinski definition) is 1. The summed E-state index contributed by atoms with van der Waals surface area (Å²) in [6.07, 6.45) is 7.71. The Balaban J connectivity index is 2.54. The van der Waals surface area contributed by atoms with Gasteiger partial charge in [0.1, 0.15) is 0 Å². The molecular weight excluding hydrogens is 146 g/mol. The van der Waals surface area contributed by atoms with Gasteiger partial charge in [-0.05, 0) is 44.3 Å². The lowest BCUT2D eigenvalue weighted by Crippen LogP contribution is -1.81. The van der Waals surface area contributed by atoms with Gasteiger partial charge in [-0.3, -0.25) is 4.99 Å². The van der Waals surface area contributed by atoms with Crippen LogP contribution in [-0.2, 0) is 0 Å². The first-order valence-corrected chi connectivity index (χ1v) is 4.65. The smallest absolute Gasteiger partial charge is 0.0364 e. The molecule has 0 aromatic carbocycles. The van der Waals surface area contributed by atoms with E-state index in [4.69, 9.17) is 0 Å². The van der Waals surface area contributed by atoms with Crippen LogP contribution in [0.4, 0.5) is 0 Å². The number of nitrogens with zero attached hydrogens (tertiary/aromatic N) is 1. The predicted octanol–water partition coefficient (Wildman–Crippen LogP) is 3.48. The van der Waals surface area contributed by atoms with Crippen LogP contribution >= 0.6 is 0 Å². The van der Waals surface area contributed by atoms with Gasteiger partial charge in [-0.15, -0.1) is 0 Å². The van der Waals surface area contributed by atoms with Crippen LogP contribution in [0.2, 0.25) is 0 Å². The Morgan fingerprint density at radius 2 is 2.17 bits per heavy atom. The van der Waals surface area contributed by atoms with E-state index >= 15 is 0 Å². The molecule has 12 heavy (non-hydrogen) atoms. The van der Waals surface area contributed by atoms with Gasteiger partial charge in [0.25, 0.3) is 0 Å². The van der Waals surface area contributed by atoms with E-state index in [1.165, 1.54) is 29.7 Å². The van der Waals surface area contributed by atoms with Crippen molar-refractivity contribution in [1.82, 2.24) is 0 Å². The second kappa shape index (κ2) is 4.24. The molecule has 0 N–H and O–H groups in total. The summed E-state index contributed by atoms with van der Waals surface area (Å²) >= 11 is 0. The lowest BCUT2D eigenvalue weighted by molar-refractivity contribution is 1.16. The third-order valence-corrected chi connectivity index (χ3v) is 2.21. The summed E-state index contributed by atoms with van der Waals surface area (Å²) in [4.78, 5) is 4.41. The second-order valence-electron chi connectivity index (χ2n) is 3.16. The molecule has 1 aliphatic carbocycles. The van der Waals surface area contributed by atoms with Gasteiger partial charge in [-0.25, -0.2) is 0 Å². The van der Waals surface area contributed by atoms with Gasteiger partial charge in [-0.2, -0.15) is 0 Å². The van der Waals surface area contributed by atoms with E-state index in [0.29, 0.717) is 0 Å². The van der Waals surface area contributed by atoms with Gasteiger partial charge in [0.15, 0.2) is 0 Å². The molecule has 0 atom stereocenters. The standard InChI is InChI=1S/C11H17N/c1-4-10(5-2)8-12-9(3)11-6-7-11/h4,8H,5-7H2,1-3H3/b10-4-,12-8?. The molecule has 1 fully saturated rings. The average Bonchev–Trinajstić information content (AvgIpc) is 2.88. The fourth-order valence-corrected chi connectivity index (χ4v) is 1.07. The zero-order chi connectivity index (χ0) is 8.97. The summed E-state index contributed by atoms with van der Waals surface area (Å²) in [5.74, 6) is 0. The van der Waals surface area contributed by atoms with E-state index in [1.54, 1.807) is 0 Å². The number of allylic oxidation sites excluding steroid dienone is 4. The fraction of sp³-hybridized carbons (Fsp3) is 0.545. The van der Waals surface area contributed by atoms with Gasteiger partial charge >= 0.3 is 0 Å². The van der Waals surface area contributed by atoms with E-state index in [2.05, 4.69) is 31.8 Å². The van der Waals surface area contributed by atoms with Crippen molar-refractivity contribution in [2.24, 2.45) is 4.99 Å². The van der Waals surface area contributed by atoms with Crippen molar-refractivity contribution in [3.05, 3.63) is 22.9 Å². The summed E-state index contributed by atoms with van der Waals surface area (Å²) in [6.45, 7) is 6.31. The highest BCUT2D eigenvalue weighted by atomic mass is 14.7. The van der Waals surface area contributed by atoms with Gasteiger partial charge < -0.3 is 0 Å². The molecule has 1 heteroatoms. The molecule has 1 rings (SSSR count). The van der Waals surface area contributed by atoms with Gasteiger partial charge in [0.05, 0.1) is 0 Å². The zero-order valence-electron chi connectivity index (χ0n) is 8.22. The van der Waals surface area contributed by atoms with E-state index in [0.717, 1.165) is 6.42 Å². The Hall–Kier alpha value is -0.850. The highest BCUT2D eigenvalue weighted by molar-refractivity contribution is 5.79. The Morgan fingerprint density at radius 3 is 2.58 bits per heavy atom. The van der Waals surface area contributed by atoms with Gasteiger partial charge in [0, 0.05) is 11.9 Å². The maximum Gasteiger partial charge on any atom is 0.0364 e. The summed E-state index contributed by atoms with van der Waals surface area (Å²) < 4.78 is 0. The van der Waals surface area contributed by atoms with Crippen molar-refractivity contribution in [3.63, 3.8) is 0 Å². The summed E-state index contributed by atoms with van der Waals surface area (Å²) in [5, 5.41) is 0. The van der Waals surface area contributed by atoms with Crippen LogP contribution in [0.5, 0.6) is 0 Å². The minimum absolute atomic E-state index is 1.07. The summed E-state index contributed by atoms with van der Waals surface area (Å²) in [7, 11) is 0. The van der Waals surface area contributed by atoms with Crippen molar-refractivity contribution in [2.45, 2.75) is 40.0 Å². The normalized spacial score (nSPS) is 17.2. The van der Waals surface area contributed by atoms with Crippen molar-refractivity contribution >= 4 is 6.21 Å². The van der Waals surface area contributed by atoms with Crippen LogP contribution < -0.4 is 0 Å². The molecule has 1 saturated carbocycles. The SMILES string of the molecule is C/C=C(\C=NC(C)=C1CC1)CC. The second-order valence-corrected chi connectivity index (χ2v) is 3.16. The maximum atomic E-state index is 4.41. The molecule has 0 unspecified atom stereocenters. The molecule has 0 aromatic heterocycles. The van der Waals surface area contributed by atoms with Crippen molar-refractivity contribution in [1.29, 1.82) is 0 Å². The van der Waals surface area contributed by atoms with Gasteiger partial charge in [-0.1, -0.05) is 13.0 Å². The molecule has 0 spiro atoms. The Morgan fingerprint density at radius 1 is 1.50 bits per heavy atom. The third kappa shape index (κ3) is 2.65. The average molecular weight is 163 g/mol. The maximum absolute atomic E-state index is 4.41. The van der Waals surface area contributed by atoms with Crippen LogP contribution in [0.3, 0.4) is 0 Å². The topological polar surface area (TPSA) is 12.4 Å². The molecule has 0 amide bonds. The minimum Gasteiger partial charge on any atom is -0.261 e. The monoisotopic (exact) mass is 163 g/mol. The largest absolute Gasteiger partial charge is 0.261 e. The summed E-state index contributed by atoms with van der Waals surface area (Å²) in [6, 6.07) is 0. The molecule has 0 bridgehead atoms. The van der Waals surface area contributed by atoms with Gasteiger partial charge in [0.2, 0.25) is 0 Å². The van der Waals surface area contributed by atoms with Crippen molar-refractivity contribution in [3.8, 4) is 0 Å². The molecule has 0 saturated heterocycles. The molecule has 0 heterocycles. The minimum atomic E-state index is 1.07. The lowest BCUT2D eigenvalue weighted by Gasteiger charge is -1.93. The van der Waals surface area contributed by atoms with E-state index in [-0.39, 0.29) is 0 Å². The van der Waals surface area contributed by atoms with Crippen LogP contribution in [0.1, 0.15) is 40.0 Å². The van der Waals surface area contributed by atoms with Crippen molar-refractivity contribution in [2.75, 3.05) is 0 Å². The Kier molecular flexibility index (Phi) is 3.27. The van der Waals surface area contributed by atoms with E-state index < -0.39 is 0 Å². The quantitative estimate of drug-likeness (QED) is 0.565. The van der Waals surface area contributed by atoms with Crippen LogP contribution in [0, 0.1) is 0 Å². The highest BCUT2D eigenvalue weighted by Gasteiger charge is 2.13. The van der Waals surface area contributed by atoms with Crippen LogP contribution in [0.15, 0.2) is 27.9 Å². The third-order valence-electron chi connectivity index (χ3n) is 2.21. The molecular formula is C11H17N. The number of aliphatic imine (C=N–C) groups is 1. The molecule has 1 nitrogen and oxygen atoms in total. The first-order chi connectivity index (χ1) is 5.77. The van der Waals surface area contributed by atoms with E-state index in [9.17, 15) is 0 Å². The van der Waals surface area contributed by atoms with Crippen LogP contribution in [0.25, 0.3) is 0 Å². The Labute approximate surface area is 74.9 Å². The fourth-order valence-electron chi connectivity index (χ4n) is 1.07. The van der Waals surface area contributed by atoms with Crippen LogP contribution in [-0.4, -0.2) is 6.21 Å². The highest BCUT2D eigenvalue weighted by Crippen LogP contribution is 2.31. The van der Waals surface area contributed by atoms with E-state index in [1.807, 2.05) is 6.21 Å². The lowest BCUT2D eigenvalue weighted by atomic mass is 10.2. The Bertz CT molecular complexity index is 238. The molecule has 0 aliphatic heterocycles. The molecule has 1 aliphatic rings. The zero-order valence-corrected chi connectivity index (χ0v) is 8.22. The summed E-state index contributed by atoms with van der Waals surface area (Å²) in [5.41, 5.74) is 4.07. The van der Waals surface area contributed by atoms with Crippen molar-refractivity contribution < 1.29 is 0 Å². The molecule has 0 radical (unpaired) electrons. The predicted molar refractivity (Wildman–Crippen MR) is 54.5 cm³/mol. The number of rotatable bonds is 3. The first-order valence-electron chi connectivity index (χ1n) is 4.65.